The Balaban J connectivity index is 2.10. The summed E-state index contributed by atoms with van der Waals surface area (Å²) in [6, 6.07) is 3.77. The minimum absolute atomic E-state index is 0.108. The monoisotopic (exact) mass is 286 g/mol. The summed E-state index contributed by atoms with van der Waals surface area (Å²) in [5, 5.41) is 12.2. The van der Waals surface area contributed by atoms with Crippen LogP contribution in [0.1, 0.15) is 5.89 Å². The van der Waals surface area contributed by atoms with E-state index >= 15 is 0 Å². The molecule has 0 aliphatic heterocycles. The number of rotatable bonds is 5. The molecule has 19 heavy (non-hydrogen) atoms. The summed E-state index contributed by atoms with van der Waals surface area (Å²) < 4.78 is 22.5. The van der Waals surface area contributed by atoms with E-state index in [0.29, 0.717) is 5.56 Å². The average Bonchev–Trinajstić information content (AvgIpc) is 2.77. The van der Waals surface area contributed by atoms with Crippen LogP contribution in [0.15, 0.2) is 22.7 Å². The van der Waals surface area contributed by atoms with Crippen LogP contribution >= 0.6 is 11.6 Å². The third-order valence-electron chi connectivity index (χ3n) is 2.09. The Morgan fingerprint density at radius 1 is 1.53 bits per heavy atom. The number of hydrogen-bond acceptors (Lipinski definition) is 5. The van der Waals surface area contributed by atoms with Crippen molar-refractivity contribution in [3.05, 3.63) is 34.9 Å². The van der Waals surface area contributed by atoms with Crippen LogP contribution in [0.25, 0.3) is 11.4 Å². The molecule has 0 saturated heterocycles. The third kappa shape index (κ3) is 3.49. The predicted molar refractivity (Wildman–Crippen MR) is 62.0 cm³/mol. The molecule has 0 unspecified atom stereocenters. The molecule has 1 N–H and O–H groups in total. The second-order valence-corrected chi connectivity index (χ2v) is 3.93. The van der Waals surface area contributed by atoms with Crippen LogP contribution in [0.2, 0.25) is 5.02 Å². The van der Waals surface area contributed by atoms with Crippen LogP contribution < -0.4 is 0 Å². The maximum atomic E-state index is 12.9. The van der Waals surface area contributed by atoms with E-state index in [1.807, 2.05) is 0 Å². The highest BCUT2D eigenvalue weighted by molar-refractivity contribution is 6.33. The van der Waals surface area contributed by atoms with Gasteiger partial charge in [-0.25, -0.2) is 9.18 Å². The first-order valence-electron chi connectivity index (χ1n) is 5.14. The van der Waals surface area contributed by atoms with Gasteiger partial charge in [0.2, 0.25) is 5.82 Å². The second kappa shape index (κ2) is 5.77. The van der Waals surface area contributed by atoms with Crippen molar-refractivity contribution in [3.8, 4) is 11.4 Å². The maximum absolute atomic E-state index is 12.9. The number of carboxylic acid groups (broad SMARTS) is 1. The largest absolute Gasteiger partial charge is 0.480 e. The van der Waals surface area contributed by atoms with Crippen LogP contribution in [0.5, 0.6) is 0 Å². The van der Waals surface area contributed by atoms with Gasteiger partial charge < -0.3 is 14.4 Å². The summed E-state index contributed by atoms with van der Waals surface area (Å²) in [7, 11) is 0. The van der Waals surface area contributed by atoms with Gasteiger partial charge in [-0.15, -0.1) is 0 Å². The lowest BCUT2D eigenvalue weighted by Gasteiger charge is -1.97. The van der Waals surface area contributed by atoms with E-state index in [0.717, 1.165) is 6.07 Å². The van der Waals surface area contributed by atoms with Crippen LogP contribution in [0, 0.1) is 5.82 Å². The summed E-state index contributed by atoms with van der Waals surface area (Å²) in [4.78, 5) is 14.2. The molecule has 0 bridgehead atoms. The van der Waals surface area contributed by atoms with Crippen molar-refractivity contribution >= 4 is 17.6 Å². The Kier molecular flexibility index (Phi) is 4.08. The smallest absolute Gasteiger partial charge is 0.329 e. The van der Waals surface area contributed by atoms with E-state index in [1.165, 1.54) is 12.1 Å². The number of aromatic nitrogens is 2. The Morgan fingerprint density at radius 2 is 2.32 bits per heavy atom. The molecule has 0 aliphatic carbocycles. The van der Waals surface area contributed by atoms with Gasteiger partial charge in [0.15, 0.2) is 0 Å². The Labute approximate surface area is 111 Å². The SMILES string of the molecule is O=C(O)COCc1nc(-c2ccc(F)cc2Cl)no1. The van der Waals surface area contributed by atoms with E-state index in [-0.39, 0.29) is 23.3 Å². The van der Waals surface area contributed by atoms with Crippen molar-refractivity contribution in [1.29, 1.82) is 0 Å². The van der Waals surface area contributed by atoms with Crippen molar-refractivity contribution in [1.82, 2.24) is 10.1 Å². The number of carbonyl (C=O) groups is 1. The van der Waals surface area contributed by atoms with Crippen LogP contribution in [0.4, 0.5) is 4.39 Å². The van der Waals surface area contributed by atoms with E-state index in [2.05, 4.69) is 10.1 Å². The summed E-state index contributed by atoms with van der Waals surface area (Å²) in [6.45, 7) is -0.590. The topological polar surface area (TPSA) is 85.5 Å². The zero-order valence-corrected chi connectivity index (χ0v) is 10.2. The van der Waals surface area contributed by atoms with Gasteiger partial charge in [0, 0.05) is 5.56 Å². The van der Waals surface area contributed by atoms with Crippen molar-refractivity contribution in [3.63, 3.8) is 0 Å². The molecule has 1 aromatic carbocycles. The number of benzene rings is 1. The molecule has 2 rings (SSSR count). The van der Waals surface area contributed by atoms with E-state index in [4.69, 9.17) is 26.0 Å². The molecule has 100 valence electrons. The molecular weight excluding hydrogens is 279 g/mol. The van der Waals surface area contributed by atoms with E-state index < -0.39 is 18.4 Å². The van der Waals surface area contributed by atoms with Gasteiger partial charge in [-0.3, -0.25) is 0 Å². The minimum Gasteiger partial charge on any atom is -0.480 e. The lowest BCUT2D eigenvalue weighted by Crippen LogP contribution is -2.06. The first kappa shape index (κ1) is 13.4. The molecule has 1 aromatic heterocycles. The van der Waals surface area contributed by atoms with Crippen molar-refractivity contribution in [2.24, 2.45) is 0 Å². The molecule has 0 atom stereocenters. The Morgan fingerprint density at radius 3 is 3.00 bits per heavy atom. The van der Waals surface area contributed by atoms with Gasteiger partial charge in [0.05, 0.1) is 5.02 Å². The second-order valence-electron chi connectivity index (χ2n) is 3.52. The molecule has 1 heterocycles. The summed E-state index contributed by atoms with van der Waals surface area (Å²) in [5.74, 6) is -1.28. The number of nitrogens with zero attached hydrogens (tertiary/aromatic N) is 2. The molecule has 6 nitrogen and oxygen atoms in total. The van der Waals surface area contributed by atoms with Gasteiger partial charge >= 0.3 is 5.97 Å². The molecule has 0 aliphatic rings. The fraction of sp³-hybridized carbons (Fsp3) is 0.182. The first-order chi connectivity index (χ1) is 9.06. The molecule has 2 aromatic rings. The lowest BCUT2D eigenvalue weighted by molar-refractivity contribution is -0.142. The maximum Gasteiger partial charge on any atom is 0.329 e. The fourth-order valence-electron chi connectivity index (χ4n) is 1.32. The summed E-state index contributed by atoms with van der Waals surface area (Å²) in [6.07, 6.45) is 0. The van der Waals surface area contributed by atoms with Crippen molar-refractivity contribution in [2.75, 3.05) is 6.61 Å². The standard InChI is InChI=1S/C11H8ClFN2O4/c12-8-3-6(13)1-2-7(8)11-14-9(19-15-11)4-18-5-10(16)17/h1-3H,4-5H2,(H,16,17). The normalized spacial score (nSPS) is 10.6. The highest BCUT2D eigenvalue weighted by Crippen LogP contribution is 2.26. The summed E-state index contributed by atoms with van der Waals surface area (Å²) in [5.41, 5.74) is 0.413. The number of carboxylic acids is 1. The van der Waals surface area contributed by atoms with Gasteiger partial charge in [-0.05, 0) is 18.2 Å². The average molecular weight is 287 g/mol. The molecule has 0 radical (unpaired) electrons. The molecule has 0 fully saturated rings. The van der Waals surface area contributed by atoms with Gasteiger partial charge in [0.25, 0.3) is 5.89 Å². The predicted octanol–water partition coefficient (Wildman–Crippen LogP) is 2.13. The first-order valence-corrected chi connectivity index (χ1v) is 5.51. The Hall–Kier alpha value is -1.99. The third-order valence-corrected chi connectivity index (χ3v) is 2.40. The molecule has 8 heteroatoms. The van der Waals surface area contributed by atoms with Gasteiger partial charge in [0.1, 0.15) is 19.0 Å². The molecule has 0 amide bonds. The number of hydrogen-bond donors (Lipinski definition) is 1. The van der Waals surface area contributed by atoms with Crippen molar-refractivity contribution < 1.29 is 23.6 Å². The quantitative estimate of drug-likeness (QED) is 0.906. The van der Waals surface area contributed by atoms with E-state index in [1.54, 1.807) is 0 Å². The lowest BCUT2D eigenvalue weighted by atomic mass is 10.2. The fourth-order valence-corrected chi connectivity index (χ4v) is 1.57. The number of aliphatic carboxylic acids is 1. The zero-order chi connectivity index (χ0) is 13.8. The molecule has 0 saturated carbocycles. The Bertz CT molecular complexity index is 602. The van der Waals surface area contributed by atoms with Crippen molar-refractivity contribution in [2.45, 2.75) is 6.61 Å². The van der Waals surface area contributed by atoms with Crippen LogP contribution in [0.3, 0.4) is 0 Å². The molecular formula is C11H8ClFN2O4. The summed E-state index contributed by atoms with van der Waals surface area (Å²) >= 11 is 5.85. The van der Waals surface area contributed by atoms with Gasteiger partial charge in [-0.1, -0.05) is 16.8 Å². The van der Waals surface area contributed by atoms with E-state index in [9.17, 15) is 9.18 Å². The minimum atomic E-state index is -1.10. The van der Waals surface area contributed by atoms with Crippen LogP contribution in [-0.2, 0) is 16.1 Å². The van der Waals surface area contributed by atoms with Gasteiger partial charge in [-0.2, -0.15) is 4.98 Å². The highest BCUT2D eigenvalue weighted by Gasteiger charge is 2.12. The highest BCUT2D eigenvalue weighted by atomic mass is 35.5. The van der Waals surface area contributed by atoms with Crippen LogP contribution in [-0.4, -0.2) is 27.8 Å². The number of ether oxygens (including phenoxy) is 1. The zero-order valence-electron chi connectivity index (χ0n) is 9.47. The molecule has 0 spiro atoms. The number of halogens is 2.